The molecule has 4 aliphatic heterocycles. The third-order valence-electron chi connectivity index (χ3n) is 16.0. The van der Waals surface area contributed by atoms with Gasteiger partial charge in [0.15, 0.2) is 18.9 Å². The van der Waals surface area contributed by atoms with Crippen LogP contribution < -0.4 is 0 Å². The van der Waals surface area contributed by atoms with E-state index >= 15 is 0 Å². The van der Waals surface area contributed by atoms with Gasteiger partial charge in [-0.3, -0.25) is 0 Å². The van der Waals surface area contributed by atoms with Crippen molar-refractivity contribution in [3.8, 4) is 0 Å². The number of hydrogen-bond donors (Lipinski definition) is 6. The molecule has 0 aromatic heterocycles. The van der Waals surface area contributed by atoms with E-state index in [1.807, 2.05) is 13.8 Å². The zero-order chi connectivity index (χ0) is 39.2. The largest absolute Gasteiger partial charge is 0.458 e. The average Bonchev–Trinajstić information content (AvgIpc) is 3.67. The highest BCUT2D eigenvalue weighted by Crippen LogP contribution is 2.70. The van der Waals surface area contributed by atoms with E-state index in [1.54, 1.807) is 19.9 Å². The number of aliphatic hydroxyl groups excluding tert-OH is 5. The number of aliphatic hydroxyl groups is 6. The average molecular weight is 781 g/mol. The molecule has 3 saturated heterocycles. The van der Waals surface area contributed by atoms with Crippen LogP contribution in [0, 0.1) is 34.5 Å². The maximum absolute atomic E-state index is 12.6. The van der Waals surface area contributed by atoms with Gasteiger partial charge in [-0.2, -0.15) is 0 Å². The van der Waals surface area contributed by atoms with Crippen molar-refractivity contribution in [2.45, 2.75) is 197 Å². The topological polar surface area (TPSA) is 203 Å². The normalized spacial score (nSPS) is 55.5. The molecule has 8 aliphatic rings. The summed E-state index contributed by atoms with van der Waals surface area (Å²) in [5.41, 5.74) is -0.892. The van der Waals surface area contributed by atoms with E-state index in [0.29, 0.717) is 18.8 Å². The monoisotopic (exact) mass is 780 g/mol. The molecule has 0 amide bonds. The molecule has 4 aliphatic carbocycles. The Balaban J connectivity index is 0.837. The molecule has 55 heavy (non-hydrogen) atoms. The van der Waals surface area contributed by atoms with E-state index in [0.717, 1.165) is 44.1 Å². The van der Waals surface area contributed by atoms with Crippen molar-refractivity contribution in [2.24, 2.45) is 34.5 Å². The highest BCUT2D eigenvalue weighted by Gasteiger charge is 2.71. The smallest absolute Gasteiger partial charge is 0.331 e. The van der Waals surface area contributed by atoms with Gasteiger partial charge >= 0.3 is 5.97 Å². The number of esters is 1. The van der Waals surface area contributed by atoms with Crippen molar-refractivity contribution in [1.82, 2.24) is 0 Å². The van der Waals surface area contributed by atoms with Crippen molar-refractivity contribution < 1.29 is 68.6 Å². The second-order valence-corrected chi connectivity index (χ2v) is 18.8. The van der Waals surface area contributed by atoms with Gasteiger partial charge in [0, 0.05) is 30.8 Å². The first-order chi connectivity index (χ1) is 26.0. The molecule has 7 fully saturated rings. The summed E-state index contributed by atoms with van der Waals surface area (Å²) in [4.78, 5) is 11.9. The van der Waals surface area contributed by atoms with Crippen molar-refractivity contribution in [3.05, 3.63) is 11.6 Å². The van der Waals surface area contributed by atoms with Gasteiger partial charge in [0.1, 0.15) is 24.9 Å². The maximum atomic E-state index is 12.6. The summed E-state index contributed by atoms with van der Waals surface area (Å²) in [6.45, 7) is 9.90. The standard InChI is InChI=1S/C41H64O14/c1-19-36(47)28(42)15-34(50-19)54-38-21(3)52-35(17-30(38)44)55-37-20(2)51-33(16-29(37)43)53-24-8-10-39(4)23(13-24)6-7-26-27(39)14-31(45)40(5)25(9-11-41(26,40)48)22-12-32(46)49-18-22/h12,19-21,23-31,33-38,42-45,47-48H,6-11,13-18H2,1-5H3/t19-,20-,21-,23-,24-,25-,26-,27+,28+,29+,30+,31-,33+,34+,35+,36-,37-,38-,39+,40+,41+/m1/s1. The van der Waals surface area contributed by atoms with Crippen LogP contribution in [0.25, 0.3) is 0 Å². The Morgan fingerprint density at radius 2 is 1.29 bits per heavy atom. The van der Waals surface area contributed by atoms with Crippen molar-refractivity contribution in [1.29, 1.82) is 0 Å². The van der Waals surface area contributed by atoms with Gasteiger partial charge in [-0.05, 0) is 107 Å². The summed E-state index contributed by atoms with van der Waals surface area (Å²) >= 11 is 0. The molecule has 14 nitrogen and oxygen atoms in total. The summed E-state index contributed by atoms with van der Waals surface area (Å²) in [5.74, 6) is 0.204. The number of fused-ring (bicyclic) bond motifs is 5. The van der Waals surface area contributed by atoms with Crippen LogP contribution in [0.3, 0.4) is 0 Å². The molecule has 8 rings (SSSR count). The van der Waals surface area contributed by atoms with E-state index in [1.165, 1.54) is 0 Å². The fourth-order valence-electron chi connectivity index (χ4n) is 12.8. The molecular weight excluding hydrogens is 716 g/mol. The summed E-state index contributed by atoms with van der Waals surface area (Å²) in [5, 5.41) is 66.9. The van der Waals surface area contributed by atoms with Crippen molar-refractivity contribution in [2.75, 3.05) is 6.61 Å². The number of carbonyl (C=O) groups is 1. The number of carbonyl (C=O) groups excluding carboxylic acids is 1. The molecular formula is C41H64O14. The molecule has 312 valence electrons. The van der Waals surface area contributed by atoms with Gasteiger partial charge in [0.25, 0.3) is 0 Å². The van der Waals surface area contributed by atoms with Gasteiger partial charge in [0.2, 0.25) is 0 Å². The van der Waals surface area contributed by atoms with Gasteiger partial charge in [-0.25, -0.2) is 4.79 Å². The van der Waals surface area contributed by atoms with Gasteiger partial charge in [0.05, 0.1) is 54.4 Å². The van der Waals surface area contributed by atoms with Crippen LogP contribution in [-0.4, -0.2) is 135 Å². The molecule has 14 heteroatoms. The Labute approximate surface area is 323 Å². The Kier molecular flexibility index (Phi) is 11.1. The molecule has 0 unspecified atom stereocenters. The minimum atomic E-state index is -1.01. The van der Waals surface area contributed by atoms with Crippen molar-refractivity contribution >= 4 is 5.97 Å². The fraction of sp³-hybridized carbons (Fsp3) is 0.927. The third-order valence-corrected chi connectivity index (χ3v) is 16.0. The predicted molar refractivity (Wildman–Crippen MR) is 193 cm³/mol. The molecule has 4 heterocycles. The van der Waals surface area contributed by atoms with Crippen LogP contribution >= 0.6 is 0 Å². The van der Waals surface area contributed by atoms with Crippen molar-refractivity contribution in [3.63, 3.8) is 0 Å². The molecule has 0 spiro atoms. The minimum absolute atomic E-state index is 0.0452. The number of rotatable bonds is 7. The predicted octanol–water partition coefficient (Wildman–Crippen LogP) is 2.22. The zero-order valence-corrected chi connectivity index (χ0v) is 32.9. The Morgan fingerprint density at radius 3 is 1.87 bits per heavy atom. The highest BCUT2D eigenvalue weighted by molar-refractivity contribution is 5.85. The lowest BCUT2D eigenvalue weighted by molar-refractivity contribution is -0.336. The Bertz CT molecular complexity index is 1410. The lowest BCUT2D eigenvalue weighted by atomic mass is 9.42. The zero-order valence-electron chi connectivity index (χ0n) is 32.9. The van der Waals surface area contributed by atoms with E-state index in [-0.39, 0.29) is 61.1 Å². The molecule has 0 radical (unpaired) electrons. The number of hydrogen-bond acceptors (Lipinski definition) is 14. The van der Waals surface area contributed by atoms with Gasteiger partial charge in [-0.1, -0.05) is 13.8 Å². The van der Waals surface area contributed by atoms with Gasteiger partial charge in [-0.15, -0.1) is 0 Å². The molecule has 21 atom stereocenters. The second kappa shape index (κ2) is 15.1. The quantitative estimate of drug-likeness (QED) is 0.162. The first-order valence-corrected chi connectivity index (χ1v) is 20.9. The molecule has 6 N–H and O–H groups in total. The summed E-state index contributed by atoms with van der Waals surface area (Å²) in [7, 11) is 0. The molecule has 0 aromatic carbocycles. The first-order valence-electron chi connectivity index (χ1n) is 20.9. The SMILES string of the molecule is C[C@H]1O[C@@H](O[C@H]2[C@@H](O)C[C@H](O[C@H]3[C@@H](O)C[C@H](O[C@@H]4CC[C@@]5(C)[C@H](CC[C@@H]6[C@@H]5C[C@@H](O)[C@]5(C)[C@@H](C7=CC(=O)OC7)CC[C@]65O)C4)O[C@@H]3C)O[C@@H]2C)C[C@H](O)[C@@H]1O. The minimum Gasteiger partial charge on any atom is -0.458 e. The Hall–Kier alpha value is -1.27. The molecule has 4 saturated carbocycles. The molecule has 0 bridgehead atoms. The maximum Gasteiger partial charge on any atom is 0.331 e. The van der Waals surface area contributed by atoms with Crippen LogP contribution in [-0.2, 0) is 38.0 Å². The fourth-order valence-corrected chi connectivity index (χ4v) is 12.8. The van der Waals surface area contributed by atoms with Crippen LogP contribution in [0.1, 0.15) is 105 Å². The summed E-state index contributed by atoms with van der Waals surface area (Å²) in [6.07, 6.45) is -1.51. The Morgan fingerprint density at radius 1 is 0.691 bits per heavy atom. The third kappa shape index (κ3) is 6.95. The highest BCUT2D eigenvalue weighted by atomic mass is 16.7. The lowest BCUT2D eigenvalue weighted by Crippen LogP contribution is -2.67. The first kappa shape index (κ1) is 40.5. The van der Waals surface area contributed by atoms with Gasteiger partial charge < -0.3 is 63.8 Å². The molecule has 0 aromatic rings. The van der Waals surface area contributed by atoms with E-state index in [4.69, 9.17) is 33.2 Å². The van der Waals surface area contributed by atoms with Crippen LogP contribution in [0.2, 0.25) is 0 Å². The van der Waals surface area contributed by atoms with E-state index < -0.39 is 90.9 Å². The van der Waals surface area contributed by atoms with Crippen LogP contribution in [0.15, 0.2) is 11.6 Å². The number of cyclic esters (lactones) is 1. The number of ether oxygens (including phenoxy) is 7. The van der Waals surface area contributed by atoms with Crippen LogP contribution in [0.4, 0.5) is 0 Å². The summed E-state index contributed by atoms with van der Waals surface area (Å²) < 4.78 is 42.1. The van der Waals surface area contributed by atoms with E-state index in [2.05, 4.69) is 6.92 Å². The lowest BCUT2D eigenvalue weighted by Gasteiger charge is -2.65. The van der Waals surface area contributed by atoms with E-state index in [9.17, 15) is 35.4 Å². The van der Waals surface area contributed by atoms with Crippen LogP contribution in [0.5, 0.6) is 0 Å². The summed E-state index contributed by atoms with van der Waals surface area (Å²) in [6, 6.07) is 0. The second-order valence-electron chi connectivity index (χ2n) is 18.8.